The molecule has 0 aliphatic carbocycles. The van der Waals surface area contributed by atoms with E-state index in [9.17, 15) is 17.2 Å². The largest absolute Gasteiger partial charge is 0.435 e. The Hall–Kier alpha value is -1.37. The lowest BCUT2D eigenvalue weighted by Gasteiger charge is -2.10. The van der Waals surface area contributed by atoms with Crippen LogP contribution in [-0.4, -0.2) is 32.6 Å². The second kappa shape index (κ2) is 6.70. The van der Waals surface area contributed by atoms with Crippen molar-refractivity contribution in [3.63, 3.8) is 0 Å². The molecule has 0 bridgehead atoms. The van der Waals surface area contributed by atoms with E-state index in [0.717, 1.165) is 0 Å². The fourth-order valence-corrected chi connectivity index (χ4v) is 2.19. The Bertz CT molecular complexity index is 486. The molecule has 108 valence electrons. The van der Waals surface area contributed by atoms with Crippen LogP contribution in [0.5, 0.6) is 5.75 Å². The molecule has 7 heteroatoms. The molecule has 1 aromatic carbocycles. The number of halogens is 2. The lowest BCUT2D eigenvalue weighted by atomic mass is 10.3. The minimum atomic E-state index is -3.08. The van der Waals surface area contributed by atoms with E-state index in [2.05, 4.69) is 10.1 Å². The highest BCUT2D eigenvalue weighted by Crippen LogP contribution is 2.17. The van der Waals surface area contributed by atoms with Crippen molar-refractivity contribution >= 4 is 15.5 Å². The number of hydrogen-bond acceptors (Lipinski definition) is 4. The molecule has 1 rings (SSSR count). The Morgan fingerprint density at radius 1 is 1.21 bits per heavy atom. The van der Waals surface area contributed by atoms with E-state index in [1.165, 1.54) is 12.1 Å². The first kappa shape index (κ1) is 15.7. The minimum Gasteiger partial charge on any atom is -0.435 e. The van der Waals surface area contributed by atoms with Gasteiger partial charge in [0.15, 0.2) is 9.84 Å². The topological polar surface area (TPSA) is 55.4 Å². The molecule has 0 saturated carbocycles. The van der Waals surface area contributed by atoms with Crippen LogP contribution in [0.25, 0.3) is 0 Å². The zero-order valence-electron chi connectivity index (χ0n) is 10.8. The van der Waals surface area contributed by atoms with Crippen LogP contribution in [0.1, 0.15) is 13.8 Å². The fraction of sp³-hybridized carbons (Fsp3) is 0.500. The lowest BCUT2D eigenvalue weighted by Crippen LogP contribution is -2.22. The van der Waals surface area contributed by atoms with Gasteiger partial charge < -0.3 is 10.1 Å². The van der Waals surface area contributed by atoms with Gasteiger partial charge in [0, 0.05) is 12.2 Å². The normalized spacial score (nSPS) is 11.9. The molecule has 19 heavy (non-hydrogen) atoms. The summed E-state index contributed by atoms with van der Waals surface area (Å²) in [6.07, 6.45) is 0. The first-order valence-electron chi connectivity index (χ1n) is 5.81. The van der Waals surface area contributed by atoms with Gasteiger partial charge in [-0.1, -0.05) is 0 Å². The van der Waals surface area contributed by atoms with Crippen molar-refractivity contribution < 1.29 is 21.9 Å². The summed E-state index contributed by atoms with van der Waals surface area (Å²) < 4.78 is 51.2. The smallest absolute Gasteiger partial charge is 0.387 e. The van der Waals surface area contributed by atoms with Crippen molar-refractivity contribution in [2.24, 2.45) is 0 Å². The summed E-state index contributed by atoms with van der Waals surface area (Å²) in [6.45, 7) is 0.683. The van der Waals surface area contributed by atoms with Crippen molar-refractivity contribution in [3.05, 3.63) is 24.3 Å². The Kier molecular flexibility index (Phi) is 5.53. The molecule has 0 aliphatic rings. The molecule has 0 atom stereocenters. The van der Waals surface area contributed by atoms with Gasteiger partial charge in [-0.15, -0.1) is 0 Å². The number of hydrogen-bond donors (Lipinski definition) is 1. The SMILES string of the molecule is CC(C)S(=O)(=O)CCNc1ccc(OC(F)F)cc1. The monoisotopic (exact) mass is 293 g/mol. The van der Waals surface area contributed by atoms with Gasteiger partial charge in [0.25, 0.3) is 0 Å². The zero-order valence-corrected chi connectivity index (χ0v) is 11.6. The molecule has 0 fully saturated rings. The van der Waals surface area contributed by atoms with Gasteiger partial charge in [-0.2, -0.15) is 8.78 Å². The van der Waals surface area contributed by atoms with E-state index in [-0.39, 0.29) is 18.0 Å². The van der Waals surface area contributed by atoms with Gasteiger partial charge in [0.2, 0.25) is 0 Å². The molecule has 0 saturated heterocycles. The highest BCUT2D eigenvalue weighted by molar-refractivity contribution is 7.92. The van der Waals surface area contributed by atoms with Crippen LogP contribution in [0.4, 0.5) is 14.5 Å². The molecule has 0 heterocycles. The zero-order chi connectivity index (χ0) is 14.5. The molecular formula is C12H17F2NO3S. The van der Waals surface area contributed by atoms with Crippen LogP contribution >= 0.6 is 0 Å². The highest BCUT2D eigenvalue weighted by Gasteiger charge is 2.15. The predicted molar refractivity (Wildman–Crippen MR) is 70.5 cm³/mol. The summed E-state index contributed by atoms with van der Waals surface area (Å²) in [7, 11) is -3.08. The Morgan fingerprint density at radius 3 is 2.26 bits per heavy atom. The maximum absolute atomic E-state index is 11.9. The molecule has 0 spiro atoms. The maximum atomic E-state index is 11.9. The fourth-order valence-electron chi connectivity index (χ4n) is 1.33. The third kappa shape index (κ3) is 5.42. The van der Waals surface area contributed by atoms with Gasteiger partial charge >= 0.3 is 6.61 Å². The molecule has 0 radical (unpaired) electrons. The average molecular weight is 293 g/mol. The number of alkyl halides is 2. The van der Waals surface area contributed by atoms with Gasteiger partial charge in [0.1, 0.15) is 5.75 Å². The molecular weight excluding hydrogens is 276 g/mol. The van der Waals surface area contributed by atoms with Crippen LogP contribution in [0, 0.1) is 0 Å². The van der Waals surface area contributed by atoms with E-state index in [4.69, 9.17) is 0 Å². The summed E-state index contributed by atoms with van der Waals surface area (Å²) in [6, 6.07) is 5.90. The third-order valence-electron chi connectivity index (χ3n) is 2.51. The predicted octanol–water partition coefficient (Wildman–Crippen LogP) is 2.52. The molecule has 0 aliphatic heterocycles. The van der Waals surface area contributed by atoms with Crippen LogP contribution in [0.2, 0.25) is 0 Å². The number of benzene rings is 1. The number of rotatable bonds is 7. The van der Waals surface area contributed by atoms with Crippen molar-refractivity contribution in [3.8, 4) is 5.75 Å². The highest BCUT2D eigenvalue weighted by atomic mass is 32.2. The second-order valence-electron chi connectivity index (χ2n) is 4.25. The average Bonchev–Trinajstić information content (AvgIpc) is 2.30. The summed E-state index contributed by atoms with van der Waals surface area (Å²) in [5.41, 5.74) is 0.653. The van der Waals surface area contributed by atoms with Gasteiger partial charge in [0.05, 0.1) is 11.0 Å². The van der Waals surface area contributed by atoms with Crippen LogP contribution in [0.15, 0.2) is 24.3 Å². The van der Waals surface area contributed by atoms with E-state index in [1.54, 1.807) is 26.0 Å². The second-order valence-corrected chi connectivity index (χ2v) is 6.92. The standard InChI is InChI=1S/C12H17F2NO3S/c1-9(2)19(16,17)8-7-15-10-3-5-11(6-4-10)18-12(13)14/h3-6,9,12,15H,7-8H2,1-2H3. The number of ether oxygens (including phenoxy) is 1. The van der Waals surface area contributed by atoms with E-state index in [1.807, 2.05) is 0 Å². The number of nitrogens with one attached hydrogen (secondary N) is 1. The Balaban J connectivity index is 2.47. The van der Waals surface area contributed by atoms with Crippen molar-refractivity contribution in [2.45, 2.75) is 25.7 Å². The Labute approximate surface area is 111 Å². The van der Waals surface area contributed by atoms with E-state index >= 15 is 0 Å². The molecule has 1 aromatic rings. The summed E-state index contributed by atoms with van der Waals surface area (Å²) in [5, 5.41) is 2.51. The summed E-state index contributed by atoms with van der Waals surface area (Å²) in [5.74, 6) is 0.0929. The maximum Gasteiger partial charge on any atom is 0.387 e. The molecule has 0 amide bonds. The van der Waals surface area contributed by atoms with E-state index < -0.39 is 21.7 Å². The van der Waals surface area contributed by atoms with Crippen LogP contribution in [-0.2, 0) is 9.84 Å². The quantitative estimate of drug-likeness (QED) is 0.839. The number of sulfone groups is 1. The molecule has 0 aromatic heterocycles. The molecule has 0 unspecified atom stereocenters. The van der Waals surface area contributed by atoms with Crippen molar-refractivity contribution in [1.29, 1.82) is 0 Å². The Morgan fingerprint density at radius 2 is 1.79 bits per heavy atom. The third-order valence-corrected chi connectivity index (χ3v) is 4.72. The minimum absolute atomic E-state index is 0.0277. The lowest BCUT2D eigenvalue weighted by molar-refractivity contribution is -0.0498. The first-order chi connectivity index (χ1) is 8.81. The van der Waals surface area contributed by atoms with E-state index in [0.29, 0.717) is 5.69 Å². The van der Waals surface area contributed by atoms with Crippen LogP contribution in [0.3, 0.4) is 0 Å². The van der Waals surface area contributed by atoms with Crippen molar-refractivity contribution in [2.75, 3.05) is 17.6 Å². The summed E-state index contributed by atoms with van der Waals surface area (Å²) in [4.78, 5) is 0. The van der Waals surface area contributed by atoms with Gasteiger partial charge in [-0.05, 0) is 38.1 Å². The van der Waals surface area contributed by atoms with Crippen LogP contribution < -0.4 is 10.1 Å². The molecule has 1 N–H and O–H groups in total. The van der Waals surface area contributed by atoms with Crippen molar-refractivity contribution in [1.82, 2.24) is 0 Å². The first-order valence-corrected chi connectivity index (χ1v) is 7.53. The number of anilines is 1. The molecule has 4 nitrogen and oxygen atoms in total. The van der Waals surface area contributed by atoms with Gasteiger partial charge in [-0.3, -0.25) is 0 Å². The van der Waals surface area contributed by atoms with Gasteiger partial charge in [-0.25, -0.2) is 8.42 Å². The summed E-state index contributed by atoms with van der Waals surface area (Å²) >= 11 is 0.